The van der Waals surface area contributed by atoms with Crippen molar-refractivity contribution in [2.45, 2.75) is 55.6 Å². The molecule has 0 radical (unpaired) electrons. The number of nitrogens with zero attached hydrogens (tertiary/aromatic N) is 7. The topological polar surface area (TPSA) is 269 Å². The average molecular weight is 723 g/mol. The van der Waals surface area contributed by atoms with Gasteiger partial charge in [0.1, 0.15) is 36.3 Å². The number of aliphatic hydroxyl groups excluding tert-OH is 1. The van der Waals surface area contributed by atoms with E-state index in [9.17, 15) is 19.0 Å². The van der Waals surface area contributed by atoms with Crippen molar-refractivity contribution in [3.05, 3.63) is 29.3 Å². The lowest BCUT2D eigenvalue weighted by Gasteiger charge is -2.24. The average Bonchev–Trinajstić information content (AvgIpc) is 3.74. The summed E-state index contributed by atoms with van der Waals surface area (Å²) in [6, 6.07) is 0. The minimum atomic E-state index is -4.39. The summed E-state index contributed by atoms with van der Waals surface area (Å²) in [5.41, 5.74) is 11.1. The molecule has 0 unspecified atom stereocenters. The van der Waals surface area contributed by atoms with E-state index in [4.69, 9.17) is 39.0 Å². The van der Waals surface area contributed by atoms with Crippen LogP contribution in [0.25, 0.3) is 22.3 Å². The Morgan fingerprint density at radius 1 is 0.935 bits per heavy atom. The zero-order valence-corrected chi connectivity index (χ0v) is 26.6. The SMILES string of the molecule is Nc1nc2c(ncn2[C@@H]2O[C@@H]3CO[P@@](=O)(S)O[C@H]4[C@@H](F)[C@H](n5cnc6c(N)ncnc65)O[C@@H]4CCO[P@@](=O)(S)O[C@H]3[C@H]2O)c(=O)[nH]1. The highest BCUT2D eigenvalue weighted by Crippen LogP contribution is 2.60. The second kappa shape index (κ2) is 11.8. The van der Waals surface area contributed by atoms with Crippen molar-refractivity contribution in [3.8, 4) is 0 Å². The number of nitrogen functional groups attached to an aromatic ring is 2. The first-order valence-corrected chi connectivity index (χ1v) is 18.8. The fourth-order valence-electron chi connectivity index (χ4n) is 5.50. The highest BCUT2D eigenvalue weighted by Gasteiger charge is 2.53. The monoisotopic (exact) mass is 722 g/mol. The van der Waals surface area contributed by atoms with Crippen molar-refractivity contribution in [2.75, 3.05) is 24.7 Å². The normalized spacial score (nSPS) is 37.4. The quantitative estimate of drug-likeness (QED) is 0.124. The summed E-state index contributed by atoms with van der Waals surface area (Å²) in [5.74, 6) is -0.159. The van der Waals surface area contributed by atoms with E-state index in [-0.39, 0.29) is 47.1 Å². The van der Waals surface area contributed by atoms with Crippen LogP contribution in [0.2, 0.25) is 0 Å². The number of imidazole rings is 2. The number of rotatable bonds is 2. The Hall–Kier alpha value is -2.69. The lowest BCUT2D eigenvalue weighted by atomic mass is 10.1. The minimum absolute atomic E-state index is 0.0378. The molecule has 0 aliphatic carbocycles. The molecule has 6 N–H and O–H groups in total. The Kier molecular flexibility index (Phi) is 8.16. The number of hydrogen-bond donors (Lipinski definition) is 6. The molecule has 0 aromatic carbocycles. The van der Waals surface area contributed by atoms with Gasteiger partial charge in [0.2, 0.25) is 5.95 Å². The molecule has 3 fully saturated rings. The van der Waals surface area contributed by atoms with Gasteiger partial charge in [-0.15, -0.1) is 0 Å². The van der Waals surface area contributed by atoms with E-state index in [0.717, 1.165) is 0 Å². The minimum Gasteiger partial charge on any atom is -0.386 e. The fraction of sp³-hybridized carbons (Fsp3) is 0.524. The Morgan fingerprint density at radius 2 is 1.61 bits per heavy atom. The highest BCUT2D eigenvalue weighted by atomic mass is 32.7. The zero-order chi connectivity index (χ0) is 32.5. The molecule has 3 aliphatic heterocycles. The summed E-state index contributed by atoms with van der Waals surface area (Å²) in [4.78, 5) is 34.7. The van der Waals surface area contributed by atoms with Crippen molar-refractivity contribution in [1.82, 2.24) is 39.0 Å². The van der Waals surface area contributed by atoms with Crippen LogP contribution < -0.4 is 17.0 Å². The number of fused-ring (bicyclic) bond motifs is 4. The molecule has 0 saturated carbocycles. The molecule has 0 amide bonds. The van der Waals surface area contributed by atoms with Crippen LogP contribution in [0.1, 0.15) is 18.9 Å². The molecule has 0 bridgehead atoms. The number of aliphatic hydroxyl groups is 1. The maximum absolute atomic E-state index is 16.1. The van der Waals surface area contributed by atoms with Gasteiger partial charge in [-0.3, -0.25) is 32.5 Å². The molecule has 20 nitrogen and oxygen atoms in total. The van der Waals surface area contributed by atoms with Crippen LogP contribution in [0.4, 0.5) is 16.2 Å². The fourth-order valence-corrected chi connectivity index (χ4v) is 8.51. The first-order chi connectivity index (χ1) is 21.8. The number of halogens is 1. The molecular weight excluding hydrogens is 697 g/mol. The van der Waals surface area contributed by atoms with E-state index in [2.05, 4.69) is 54.4 Å². The number of anilines is 2. The predicted octanol–water partition coefficient (Wildman–Crippen LogP) is 0.901. The van der Waals surface area contributed by atoms with Gasteiger partial charge in [0.15, 0.2) is 41.3 Å². The van der Waals surface area contributed by atoms with E-state index in [1.54, 1.807) is 0 Å². The smallest absolute Gasteiger partial charge is 0.386 e. The first-order valence-electron chi connectivity index (χ1n) is 13.4. The molecule has 4 aromatic rings. The zero-order valence-electron chi connectivity index (χ0n) is 23.0. The largest absolute Gasteiger partial charge is 0.386 e. The van der Waals surface area contributed by atoms with E-state index in [1.807, 2.05) is 0 Å². The summed E-state index contributed by atoms with van der Waals surface area (Å²) < 4.78 is 79.3. The van der Waals surface area contributed by atoms with E-state index >= 15 is 4.39 Å². The number of alkyl halides is 1. The Bertz CT molecular complexity index is 1970. The second-order valence-corrected chi connectivity index (χ2v) is 16.2. The number of thiol groups is 2. The van der Waals surface area contributed by atoms with Gasteiger partial charge in [-0.1, -0.05) is 24.5 Å². The van der Waals surface area contributed by atoms with Crippen molar-refractivity contribution < 1.29 is 46.2 Å². The van der Waals surface area contributed by atoms with Gasteiger partial charge in [0.05, 0.1) is 32.0 Å². The van der Waals surface area contributed by atoms with Gasteiger partial charge in [-0.25, -0.2) is 33.5 Å². The van der Waals surface area contributed by atoms with Gasteiger partial charge in [0, 0.05) is 6.42 Å². The summed E-state index contributed by atoms with van der Waals surface area (Å²) in [5, 5.41) is 11.2. The van der Waals surface area contributed by atoms with Gasteiger partial charge in [-0.05, 0) is 0 Å². The third kappa shape index (κ3) is 5.72. The maximum atomic E-state index is 16.1. The molecular formula is C21H25FN10O10P2S2. The third-order valence-corrected chi connectivity index (χ3v) is 10.8. The summed E-state index contributed by atoms with van der Waals surface area (Å²) >= 11 is 8.08. The van der Waals surface area contributed by atoms with Crippen molar-refractivity contribution in [2.24, 2.45) is 0 Å². The van der Waals surface area contributed by atoms with Crippen molar-refractivity contribution in [3.63, 3.8) is 0 Å². The van der Waals surface area contributed by atoms with Gasteiger partial charge < -0.3 is 30.6 Å². The Balaban J connectivity index is 1.16. The van der Waals surface area contributed by atoms with Gasteiger partial charge in [0.25, 0.3) is 5.56 Å². The number of aromatic amines is 1. The molecule has 7 rings (SSSR count). The number of ether oxygens (including phenoxy) is 2. The highest BCUT2D eigenvalue weighted by molar-refractivity contribution is 8.44. The third-order valence-electron chi connectivity index (χ3n) is 7.53. The van der Waals surface area contributed by atoms with Crippen LogP contribution in [-0.2, 0) is 36.7 Å². The molecule has 10 atom stereocenters. The maximum Gasteiger partial charge on any atom is 0.386 e. The number of aromatic nitrogens is 8. The van der Waals surface area contributed by atoms with Crippen LogP contribution >= 0.6 is 38.1 Å². The molecule has 0 spiro atoms. The number of H-pyrrole nitrogens is 1. The molecule has 25 heteroatoms. The van der Waals surface area contributed by atoms with Crippen molar-refractivity contribution in [1.29, 1.82) is 0 Å². The Labute approximate surface area is 266 Å². The van der Waals surface area contributed by atoms with E-state index in [0.29, 0.717) is 0 Å². The van der Waals surface area contributed by atoms with Gasteiger partial charge >= 0.3 is 13.6 Å². The van der Waals surface area contributed by atoms with Crippen LogP contribution in [0.3, 0.4) is 0 Å². The molecule has 248 valence electrons. The number of nitrogens with one attached hydrogen (secondary N) is 1. The molecule has 4 aromatic heterocycles. The second-order valence-electron chi connectivity index (χ2n) is 10.4. The first kappa shape index (κ1) is 31.9. The lowest BCUT2D eigenvalue weighted by molar-refractivity contribution is -0.0493. The summed E-state index contributed by atoms with van der Waals surface area (Å²) in [6.07, 6.45) is -8.25. The van der Waals surface area contributed by atoms with Crippen molar-refractivity contribution >= 4 is 72.2 Å². The molecule has 3 aliphatic rings. The summed E-state index contributed by atoms with van der Waals surface area (Å²) in [7, 11) is 0. The molecule has 46 heavy (non-hydrogen) atoms. The van der Waals surface area contributed by atoms with Crippen LogP contribution in [0.15, 0.2) is 23.8 Å². The van der Waals surface area contributed by atoms with E-state index < -0.39 is 74.9 Å². The predicted molar refractivity (Wildman–Crippen MR) is 160 cm³/mol. The van der Waals surface area contributed by atoms with E-state index in [1.165, 1.54) is 28.1 Å². The lowest BCUT2D eigenvalue weighted by Crippen LogP contribution is -2.35. The Morgan fingerprint density at radius 3 is 2.39 bits per heavy atom. The summed E-state index contributed by atoms with van der Waals surface area (Å²) in [6.45, 7) is -9.63. The van der Waals surface area contributed by atoms with Crippen LogP contribution in [0.5, 0.6) is 0 Å². The van der Waals surface area contributed by atoms with Crippen LogP contribution in [0, 0.1) is 0 Å². The number of hydrogen-bond acceptors (Lipinski definition) is 17. The molecule has 7 heterocycles. The molecule has 3 saturated heterocycles. The van der Waals surface area contributed by atoms with Gasteiger partial charge in [-0.2, -0.15) is 4.98 Å². The van der Waals surface area contributed by atoms with Crippen LogP contribution in [-0.4, -0.2) is 94.0 Å². The standard InChI is InChI=1S/C21H25FN10O10P2S2/c22-9-13-7(39-19(9)31-5-27-10-15(23)25-4-26-16(10)31)1-2-37-43(35,45)42-14-8(3-38-44(36,46)41-13)40-20(12(14)33)32-6-28-11-17(32)29-21(24)30-18(11)34/h4-9,12-14,19-20,33H,1-3H2,(H,35,45)(H,36,46)(H2,23,25,26)(H3,24,29,30,34)/t7-,8-,9-,12-,13-,14-,19-,20-,43-,44-/m1/s1. The number of nitrogens with two attached hydrogens (primary N) is 2.